The van der Waals surface area contributed by atoms with E-state index in [9.17, 15) is 4.39 Å². The average molecular weight is 248 g/mol. The Labute approximate surface area is 72.9 Å². The van der Waals surface area contributed by atoms with E-state index in [2.05, 4.69) is 22.6 Å². The molecule has 0 saturated carbocycles. The van der Waals surface area contributed by atoms with Crippen molar-refractivity contribution in [3.63, 3.8) is 0 Å². The van der Waals surface area contributed by atoms with Crippen molar-refractivity contribution in [3.05, 3.63) is 39.7 Å². The summed E-state index contributed by atoms with van der Waals surface area (Å²) in [7, 11) is 0. The van der Waals surface area contributed by atoms with Gasteiger partial charge in [0.15, 0.2) is 0 Å². The van der Waals surface area contributed by atoms with Crippen LogP contribution in [0.2, 0.25) is 0 Å². The molecule has 52 valence electrons. The molecular formula is C8H6FI. The van der Waals surface area contributed by atoms with Gasteiger partial charge in [0, 0.05) is 0 Å². The molecule has 0 N–H and O–H groups in total. The molecule has 0 aliphatic rings. The third-order valence-corrected chi connectivity index (χ3v) is 1.49. The molecule has 2 heteroatoms. The second-order valence-electron chi connectivity index (χ2n) is 1.84. The van der Waals surface area contributed by atoms with Crippen LogP contribution in [0, 0.1) is 5.82 Å². The van der Waals surface area contributed by atoms with E-state index in [1.165, 1.54) is 12.1 Å². The van der Waals surface area contributed by atoms with Gasteiger partial charge in [0.25, 0.3) is 0 Å². The summed E-state index contributed by atoms with van der Waals surface area (Å²) in [5, 5.41) is 0. The van der Waals surface area contributed by atoms with Crippen LogP contribution in [-0.2, 0) is 0 Å². The van der Waals surface area contributed by atoms with Gasteiger partial charge in [-0.1, -0.05) is 34.7 Å². The van der Waals surface area contributed by atoms with Crippen molar-refractivity contribution in [2.24, 2.45) is 0 Å². The molecule has 1 aromatic carbocycles. The van der Waals surface area contributed by atoms with Gasteiger partial charge in [0.05, 0.1) is 0 Å². The van der Waals surface area contributed by atoms with Crippen LogP contribution in [-0.4, -0.2) is 0 Å². The monoisotopic (exact) mass is 248 g/mol. The standard InChI is InChI=1S/C8H6FI/c9-8-3-1-7(2-4-8)5-6-10/h1-6H. The molecule has 10 heavy (non-hydrogen) atoms. The molecule has 0 fully saturated rings. The van der Waals surface area contributed by atoms with E-state index < -0.39 is 0 Å². The molecule has 0 aliphatic carbocycles. The normalized spacial score (nSPS) is 10.6. The van der Waals surface area contributed by atoms with Crippen LogP contribution in [0.1, 0.15) is 5.56 Å². The van der Waals surface area contributed by atoms with Crippen molar-refractivity contribution in [2.75, 3.05) is 0 Å². The summed E-state index contributed by atoms with van der Waals surface area (Å²) in [5.74, 6) is -0.189. The quantitative estimate of drug-likeness (QED) is 0.669. The summed E-state index contributed by atoms with van der Waals surface area (Å²) < 4.78 is 14.2. The van der Waals surface area contributed by atoms with Gasteiger partial charge in [-0.3, -0.25) is 0 Å². The molecular weight excluding hydrogens is 242 g/mol. The third kappa shape index (κ3) is 2.10. The second-order valence-corrected chi connectivity index (χ2v) is 2.56. The van der Waals surface area contributed by atoms with Gasteiger partial charge in [-0.05, 0) is 27.9 Å². The van der Waals surface area contributed by atoms with Crippen molar-refractivity contribution in [2.45, 2.75) is 0 Å². The van der Waals surface area contributed by atoms with Crippen molar-refractivity contribution >= 4 is 28.7 Å². The second kappa shape index (κ2) is 3.71. The van der Waals surface area contributed by atoms with Gasteiger partial charge >= 0.3 is 0 Å². The van der Waals surface area contributed by atoms with E-state index in [0.29, 0.717) is 0 Å². The average Bonchev–Trinajstić information content (AvgIpc) is 1.95. The summed E-state index contributed by atoms with van der Waals surface area (Å²) in [6, 6.07) is 6.38. The van der Waals surface area contributed by atoms with Gasteiger partial charge in [0.1, 0.15) is 5.82 Å². The minimum atomic E-state index is -0.189. The molecule has 0 saturated heterocycles. The Kier molecular flexibility index (Phi) is 2.86. The highest BCUT2D eigenvalue weighted by molar-refractivity contribution is 14.1. The summed E-state index contributed by atoms with van der Waals surface area (Å²) in [6.07, 6.45) is 1.92. The molecule has 1 aromatic rings. The molecule has 0 nitrogen and oxygen atoms in total. The fraction of sp³-hybridized carbons (Fsp3) is 0. The Morgan fingerprint density at radius 2 is 1.80 bits per heavy atom. The first-order valence-corrected chi connectivity index (χ1v) is 4.10. The van der Waals surface area contributed by atoms with Crippen LogP contribution in [0.15, 0.2) is 28.3 Å². The predicted octanol–water partition coefficient (Wildman–Crippen LogP) is 3.23. The zero-order valence-corrected chi connectivity index (χ0v) is 7.38. The lowest BCUT2D eigenvalue weighted by molar-refractivity contribution is 0.628. The number of rotatable bonds is 1. The minimum Gasteiger partial charge on any atom is -0.207 e. The van der Waals surface area contributed by atoms with Gasteiger partial charge in [-0.25, -0.2) is 4.39 Å². The zero-order valence-electron chi connectivity index (χ0n) is 5.22. The molecule has 0 bridgehead atoms. The smallest absolute Gasteiger partial charge is 0.123 e. The minimum absolute atomic E-state index is 0.189. The lowest BCUT2D eigenvalue weighted by Gasteiger charge is -1.89. The van der Waals surface area contributed by atoms with Crippen LogP contribution >= 0.6 is 22.6 Å². The van der Waals surface area contributed by atoms with Crippen LogP contribution in [0.3, 0.4) is 0 Å². The Morgan fingerprint density at radius 3 is 2.30 bits per heavy atom. The Bertz CT molecular complexity index is 226. The maximum atomic E-state index is 12.3. The van der Waals surface area contributed by atoms with Crippen molar-refractivity contribution < 1.29 is 4.39 Å². The summed E-state index contributed by atoms with van der Waals surface area (Å²) in [5.41, 5.74) is 1.02. The van der Waals surface area contributed by atoms with Gasteiger partial charge in [-0.2, -0.15) is 0 Å². The van der Waals surface area contributed by atoms with Crippen LogP contribution < -0.4 is 0 Å². The van der Waals surface area contributed by atoms with Crippen molar-refractivity contribution in [1.82, 2.24) is 0 Å². The molecule has 0 aliphatic heterocycles. The maximum Gasteiger partial charge on any atom is 0.123 e. The number of halogens is 2. The van der Waals surface area contributed by atoms with E-state index in [-0.39, 0.29) is 5.82 Å². The van der Waals surface area contributed by atoms with Crippen molar-refractivity contribution in [3.8, 4) is 0 Å². The van der Waals surface area contributed by atoms with E-state index in [4.69, 9.17) is 0 Å². The molecule has 0 spiro atoms. The van der Waals surface area contributed by atoms with E-state index in [0.717, 1.165) is 5.56 Å². The highest BCUT2D eigenvalue weighted by atomic mass is 127. The number of benzene rings is 1. The molecule has 0 heterocycles. The summed E-state index contributed by atoms with van der Waals surface area (Å²) >= 11 is 2.13. The van der Waals surface area contributed by atoms with E-state index in [1.54, 1.807) is 12.1 Å². The van der Waals surface area contributed by atoms with Gasteiger partial charge < -0.3 is 0 Å². The number of hydrogen-bond acceptors (Lipinski definition) is 0. The van der Waals surface area contributed by atoms with Crippen LogP contribution in [0.5, 0.6) is 0 Å². The highest BCUT2D eigenvalue weighted by Crippen LogP contribution is 2.05. The largest absolute Gasteiger partial charge is 0.207 e. The predicted molar refractivity (Wildman–Crippen MR) is 49.5 cm³/mol. The Balaban J connectivity index is 2.89. The Hall–Kier alpha value is -0.380. The molecule has 0 aromatic heterocycles. The van der Waals surface area contributed by atoms with Gasteiger partial charge in [0.2, 0.25) is 0 Å². The van der Waals surface area contributed by atoms with E-state index in [1.807, 2.05) is 10.2 Å². The first kappa shape index (κ1) is 7.72. The molecule has 0 radical (unpaired) electrons. The lowest BCUT2D eigenvalue weighted by atomic mass is 10.2. The molecule has 0 unspecified atom stereocenters. The SMILES string of the molecule is Fc1ccc(C=CI)cc1. The molecule has 1 rings (SSSR count). The third-order valence-electron chi connectivity index (χ3n) is 1.13. The molecule has 0 atom stereocenters. The number of hydrogen-bond donors (Lipinski definition) is 0. The summed E-state index contributed by atoms with van der Waals surface area (Å²) in [4.78, 5) is 0. The van der Waals surface area contributed by atoms with E-state index >= 15 is 0 Å². The van der Waals surface area contributed by atoms with Gasteiger partial charge in [-0.15, -0.1) is 0 Å². The fourth-order valence-corrected chi connectivity index (χ4v) is 1.06. The topological polar surface area (TPSA) is 0 Å². The summed E-state index contributed by atoms with van der Waals surface area (Å²) in [6.45, 7) is 0. The first-order chi connectivity index (χ1) is 4.83. The van der Waals surface area contributed by atoms with Crippen LogP contribution in [0.25, 0.3) is 6.08 Å². The highest BCUT2D eigenvalue weighted by Gasteiger charge is 1.86. The maximum absolute atomic E-state index is 12.3. The fourth-order valence-electron chi connectivity index (χ4n) is 0.647. The van der Waals surface area contributed by atoms with Crippen molar-refractivity contribution in [1.29, 1.82) is 0 Å². The molecule has 0 amide bonds. The first-order valence-electron chi connectivity index (χ1n) is 2.85. The zero-order chi connectivity index (χ0) is 7.40. The Morgan fingerprint density at radius 1 is 1.20 bits per heavy atom. The van der Waals surface area contributed by atoms with Crippen LogP contribution in [0.4, 0.5) is 4.39 Å². The lowest BCUT2D eigenvalue weighted by Crippen LogP contribution is -1.72.